The molecule has 0 fully saturated rings. The smallest absolute Gasteiger partial charge is 0.177 e. The summed E-state index contributed by atoms with van der Waals surface area (Å²) in [5.41, 5.74) is 0. The highest BCUT2D eigenvalue weighted by Crippen LogP contribution is 2.15. The van der Waals surface area contributed by atoms with Crippen LogP contribution in [0.2, 0.25) is 0 Å². The maximum absolute atomic E-state index is 10.3. The fourth-order valence-corrected chi connectivity index (χ4v) is 1.16. The molecule has 40 valence electrons. The summed E-state index contributed by atoms with van der Waals surface area (Å²) in [5, 5.41) is 0. The molecule has 0 spiro atoms. The lowest BCUT2D eigenvalue weighted by Crippen LogP contribution is -2.14. The molecule has 0 aliphatic carbocycles. The second kappa shape index (κ2) is 1.10. The SMILES string of the molecule is CC1=CCS1(=O)=O. The van der Waals surface area contributed by atoms with Crippen LogP contribution >= 0.6 is 0 Å². The van der Waals surface area contributed by atoms with Crippen LogP contribution in [0.15, 0.2) is 11.0 Å². The van der Waals surface area contributed by atoms with E-state index in [1.807, 2.05) is 0 Å². The van der Waals surface area contributed by atoms with Gasteiger partial charge in [0.1, 0.15) is 0 Å². The number of allylic oxidation sites excluding steroid dienone is 1. The second-order valence-electron chi connectivity index (χ2n) is 1.60. The number of rotatable bonds is 0. The van der Waals surface area contributed by atoms with Gasteiger partial charge in [-0.2, -0.15) is 0 Å². The van der Waals surface area contributed by atoms with Gasteiger partial charge in [0.2, 0.25) is 0 Å². The molecule has 0 radical (unpaired) electrons. The van der Waals surface area contributed by atoms with Crippen LogP contribution in [0.4, 0.5) is 0 Å². The molecule has 0 unspecified atom stereocenters. The number of hydrogen-bond acceptors (Lipinski definition) is 2. The molecule has 1 heterocycles. The molecule has 0 N–H and O–H groups in total. The molecule has 3 heteroatoms. The van der Waals surface area contributed by atoms with E-state index in [0.717, 1.165) is 0 Å². The molecule has 0 saturated carbocycles. The van der Waals surface area contributed by atoms with Crippen molar-refractivity contribution in [2.75, 3.05) is 5.75 Å². The van der Waals surface area contributed by atoms with Gasteiger partial charge >= 0.3 is 0 Å². The molecule has 0 aromatic carbocycles. The Bertz CT molecular complexity index is 198. The van der Waals surface area contributed by atoms with Crippen LogP contribution in [-0.2, 0) is 9.84 Å². The zero-order valence-electron chi connectivity index (χ0n) is 4.01. The lowest BCUT2D eigenvalue weighted by atomic mass is 10.6. The molecular formula is C4H6O2S. The zero-order valence-corrected chi connectivity index (χ0v) is 4.83. The summed E-state index contributed by atoms with van der Waals surface area (Å²) in [6.07, 6.45) is 1.70. The third-order valence-corrected chi connectivity index (χ3v) is 2.83. The van der Waals surface area contributed by atoms with Gasteiger partial charge in [0.05, 0.1) is 5.75 Å². The molecule has 0 aromatic rings. The summed E-state index contributed by atoms with van der Waals surface area (Å²) < 4.78 is 20.7. The van der Waals surface area contributed by atoms with E-state index < -0.39 is 9.84 Å². The van der Waals surface area contributed by atoms with Gasteiger partial charge in [-0.25, -0.2) is 8.42 Å². The largest absolute Gasteiger partial charge is 0.224 e. The van der Waals surface area contributed by atoms with Crippen molar-refractivity contribution < 1.29 is 8.42 Å². The van der Waals surface area contributed by atoms with Crippen LogP contribution in [0.5, 0.6) is 0 Å². The Balaban J connectivity index is 3.13. The van der Waals surface area contributed by atoms with Gasteiger partial charge in [-0.05, 0) is 6.92 Å². The Labute approximate surface area is 42.8 Å². The van der Waals surface area contributed by atoms with E-state index in [1.165, 1.54) is 0 Å². The Kier molecular flexibility index (Phi) is 0.757. The van der Waals surface area contributed by atoms with Crippen molar-refractivity contribution in [2.24, 2.45) is 0 Å². The molecule has 0 atom stereocenters. The van der Waals surface area contributed by atoms with Crippen molar-refractivity contribution in [3.8, 4) is 0 Å². The summed E-state index contributed by atoms with van der Waals surface area (Å²) in [6.45, 7) is 1.61. The normalized spacial score (nSPS) is 25.6. The first kappa shape index (κ1) is 4.84. The van der Waals surface area contributed by atoms with Gasteiger partial charge in [-0.15, -0.1) is 0 Å². The topological polar surface area (TPSA) is 34.1 Å². The van der Waals surface area contributed by atoms with Crippen molar-refractivity contribution in [2.45, 2.75) is 6.92 Å². The highest BCUT2D eigenvalue weighted by Gasteiger charge is 2.19. The van der Waals surface area contributed by atoms with Crippen molar-refractivity contribution in [1.82, 2.24) is 0 Å². The van der Waals surface area contributed by atoms with Gasteiger partial charge < -0.3 is 0 Å². The minimum absolute atomic E-state index is 0.249. The van der Waals surface area contributed by atoms with Gasteiger partial charge in [-0.3, -0.25) is 0 Å². The van der Waals surface area contributed by atoms with Gasteiger partial charge in [0.25, 0.3) is 0 Å². The van der Waals surface area contributed by atoms with E-state index in [9.17, 15) is 8.42 Å². The Morgan fingerprint density at radius 2 is 2.14 bits per heavy atom. The third kappa shape index (κ3) is 0.567. The van der Waals surface area contributed by atoms with E-state index in [2.05, 4.69) is 0 Å². The van der Waals surface area contributed by atoms with Gasteiger partial charge in [-0.1, -0.05) is 6.08 Å². The van der Waals surface area contributed by atoms with Crippen molar-refractivity contribution in [3.63, 3.8) is 0 Å². The molecule has 0 saturated heterocycles. The fourth-order valence-electron chi connectivity index (χ4n) is 0.386. The highest BCUT2D eigenvalue weighted by molar-refractivity contribution is 7.96. The van der Waals surface area contributed by atoms with Crippen LogP contribution in [0.25, 0.3) is 0 Å². The molecule has 2 nitrogen and oxygen atoms in total. The van der Waals surface area contributed by atoms with E-state index in [4.69, 9.17) is 0 Å². The lowest BCUT2D eigenvalue weighted by Gasteiger charge is -2.08. The monoisotopic (exact) mass is 118 g/mol. The first-order chi connectivity index (χ1) is 3.13. The summed E-state index contributed by atoms with van der Waals surface area (Å²) >= 11 is 0. The maximum atomic E-state index is 10.3. The molecule has 0 bridgehead atoms. The van der Waals surface area contributed by atoms with Crippen molar-refractivity contribution >= 4 is 9.84 Å². The first-order valence-corrected chi connectivity index (χ1v) is 3.68. The third-order valence-electron chi connectivity index (χ3n) is 1.08. The molecule has 0 amide bonds. The maximum Gasteiger partial charge on any atom is 0.177 e. The molecule has 1 aliphatic heterocycles. The van der Waals surface area contributed by atoms with E-state index >= 15 is 0 Å². The van der Waals surface area contributed by atoms with Crippen LogP contribution in [0.1, 0.15) is 6.92 Å². The number of sulfone groups is 1. The van der Waals surface area contributed by atoms with Crippen LogP contribution in [0, 0.1) is 0 Å². The summed E-state index contributed by atoms with van der Waals surface area (Å²) in [6, 6.07) is 0. The zero-order chi connectivity index (χ0) is 5.49. The van der Waals surface area contributed by atoms with E-state index in [-0.39, 0.29) is 5.75 Å². The molecular weight excluding hydrogens is 112 g/mol. The second-order valence-corrected chi connectivity index (χ2v) is 3.80. The van der Waals surface area contributed by atoms with E-state index in [1.54, 1.807) is 13.0 Å². The quantitative estimate of drug-likeness (QED) is 0.459. The molecule has 0 aromatic heterocycles. The number of hydrogen-bond donors (Lipinski definition) is 0. The summed E-state index contributed by atoms with van der Waals surface area (Å²) in [7, 11) is -2.70. The fraction of sp³-hybridized carbons (Fsp3) is 0.500. The Morgan fingerprint density at radius 3 is 2.14 bits per heavy atom. The average Bonchev–Trinajstić information content (AvgIpc) is 1.63. The van der Waals surface area contributed by atoms with Crippen LogP contribution in [-0.4, -0.2) is 14.2 Å². The van der Waals surface area contributed by atoms with Crippen LogP contribution in [0.3, 0.4) is 0 Å². The average molecular weight is 118 g/mol. The first-order valence-electron chi connectivity index (χ1n) is 2.02. The van der Waals surface area contributed by atoms with Gasteiger partial charge in [0, 0.05) is 4.91 Å². The van der Waals surface area contributed by atoms with Crippen LogP contribution < -0.4 is 0 Å². The molecule has 1 rings (SSSR count). The Hall–Kier alpha value is -0.310. The predicted octanol–water partition coefficient (Wildman–Crippen LogP) is 0.319. The Morgan fingerprint density at radius 1 is 1.71 bits per heavy atom. The molecule has 1 aliphatic rings. The van der Waals surface area contributed by atoms with Crippen molar-refractivity contribution in [1.29, 1.82) is 0 Å². The van der Waals surface area contributed by atoms with Crippen molar-refractivity contribution in [3.05, 3.63) is 11.0 Å². The summed E-state index contributed by atoms with van der Waals surface area (Å²) in [5.74, 6) is 0.249. The lowest BCUT2D eigenvalue weighted by molar-refractivity contribution is 0.601. The van der Waals surface area contributed by atoms with Gasteiger partial charge in [0.15, 0.2) is 9.84 Å². The minimum atomic E-state index is -2.70. The summed E-state index contributed by atoms with van der Waals surface area (Å²) in [4.78, 5) is 0.521. The molecule has 7 heavy (non-hydrogen) atoms. The van der Waals surface area contributed by atoms with E-state index in [0.29, 0.717) is 4.91 Å². The highest BCUT2D eigenvalue weighted by atomic mass is 32.2. The minimum Gasteiger partial charge on any atom is -0.224 e. The standard InChI is InChI=1S/C4H6O2S/c1-4-2-3-7(4,5)6/h2H,3H2,1H3. The predicted molar refractivity (Wildman–Crippen MR) is 27.5 cm³/mol.